The molecule has 1 aromatic heterocycles. The number of aromatic nitrogens is 1. The minimum Gasteiger partial charge on any atom is -0.481 e. The lowest BCUT2D eigenvalue weighted by molar-refractivity contribution is -0.144. The first kappa shape index (κ1) is 22.7. The van der Waals surface area contributed by atoms with E-state index in [0.29, 0.717) is 17.9 Å². The van der Waals surface area contributed by atoms with E-state index in [-0.39, 0.29) is 25.0 Å². The number of benzene rings is 1. The van der Waals surface area contributed by atoms with Gasteiger partial charge in [-0.25, -0.2) is 4.79 Å². The molecule has 0 N–H and O–H groups in total. The number of carbonyl (C=O) groups excluding carboxylic acids is 2. The number of ketones is 1. The molecular formula is C23H31NO5. The number of ether oxygens (including phenoxy) is 3. The molecule has 1 heterocycles. The molecule has 0 saturated heterocycles. The smallest absolute Gasteiger partial charge is 0.344 e. The fourth-order valence-corrected chi connectivity index (χ4v) is 3.84. The molecule has 1 atom stereocenters. The summed E-state index contributed by atoms with van der Waals surface area (Å²) in [5, 5.41) is 0. The standard InChI is InChI=1S/C23H31NO5/c1-14-8-15(2)23(16(3)9-14)29-13-22(26)28-12-21(25)20-10-17(4)24(19(20)6)18(5)11-27-7/h8-10,18H,11-13H2,1-7H3/t18-/m0/s1. The second-order valence-corrected chi connectivity index (χ2v) is 7.56. The maximum atomic E-state index is 12.6. The van der Waals surface area contributed by atoms with Gasteiger partial charge in [0.05, 0.1) is 12.6 Å². The predicted molar refractivity (Wildman–Crippen MR) is 112 cm³/mol. The molecule has 0 amide bonds. The van der Waals surface area contributed by atoms with Crippen LogP contribution in [0.25, 0.3) is 0 Å². The van der Waals surface area contributed by atoms with E-state index >= 15 is 0 Å². The minimum atomic E-state index is -0.570. The van der Waals surface area contributed by atoms with Crippen LogP contribution in [0, 0.1) is 34.6 Å². The Labute approximate surface area is 172 Å². The third-order valence-electron chi connectivity index (χ3n) is 4.94. The molecular weight excluding hydrogens is 370 g/mol. The van der Waals surface area contributed by atoms with Crippen molar-refractivity contribution in [1.29, 1.82) is 0 Å². The van der Waals surface area contributed by atoms with Gasteiger partial charge in [-0.05, 0) is 58.7 Å². The molecule has 0 unspecified atom stereocenters. The molecule has 1 aromatic carbocycles. The normalized spacial score (nSPS) is 12.0. The Balaban J connectivity index is 1.96. The van der Waals surface area contributed by atoms with Gasteiger partial charge in [-0.2, -0.15) is 0 Å². The summed E-state index contributed by atoms with van der Waals surface area (Å²) in [5.74, 6) is -0.126. The molecule has 0 radical (unpaired) electrons. The Hall–Kier alpha value is -2.60. The van der Waals surface area contributed by atoms with Gasteiger partial charge < -0.3 is 18.8 Å². The number of hydrogen-bond donors (Lipinski definition) is 0. The van der Waals surface area contributed by atoms with Crippen LogP contribution >= 0.6 is 0 Å². The van der Waals surface area contributed by atoms with Crippen LogP contribution < -0.4 is 4.74 Å². The van der Waals surface area contributed by atoms with Gasteiger partial charge >= 0.3 is 5.97 Å². The van der Waals surface area contributed by atoms with Crippen LogP contribution in [0.2, 0.25) is 0 Å². The van der Waals surface area contributed by atoms with Crippen LogP contribution in [0.1, 0.15) is 51.4 Å². The zero-order chi connectivity index (χ0) is 21.7. The van der Waals surface area contributed by atoms with Crippen LogP contribution in [0.15, 0.2) is 18.2 Å². The third kappa shape index (κ3) is 5.48. The van der Waals surface area contributed by atoms with E-state index in [1.165, 1.54) is 0 Å². The summed E-state index contributed by atoms with van der Waals surface area (Å²) in [4.78, 5) is 24.6. The highest BCUT2D eigenvalue weighted by molar-refractivity contribution is 5.99. The molecule has 0 fully saturated rings. The fraction of sp³-hybridized carbons (Fsp3) is 0.478. The van der Waals surface area contributed by atoms with Gasteiger partial charge in [0, 0.05) is 24.1 Å². The summed E-state index contributed by atoms with van der Waals surface area (Å²) >= 11 is 0. The van der Waals surface area contributed by atoms with Gasteiger partial charge in [-0.1, -0.05) is 17.7 Å². The summed E-state index contributed by atoms with van der Waals surface area (Å²) in [5.41, 5.74) is 5.43. The quantitative estimate of drug-likeness (QED) is 0.469. The molecule has 0 spiro atoms. The van der Waals surface area contributed by atoms with E-state index in [0.717, 1.165) is 28.1 Å². The van der Waals surface area contributed by atoms with Crippen molar-refractivity contribution < 1.29 is 23.8 Å². The van der Waals surface area contributed by atoms with Gasteiger partial charge in [0.25, 0.3) is 0 Å². The van der Waals surface area contributed by atoms with E-state index in [4.69, 9.17) is 14.2 Å². The maximum Gasteiger partial charge on any atom is 0.344 e. The number of esters is 1. The zero-order valence-electron chi connectivity index (χ0n) is 18.4. The average molecular weight is 402 g/mol. The Morgan fingerprint density at radius 1 is 1.00 bits per heavy atom. The second-order valence-electron chi connectivity index (χ2n) is 7.56. The van der Waals surface area contributed by atoms with Crippen LogP contribution in [0.4, 0.5) is 0 Å². The summed E-state index contributed by atoms with van der Waals surface area (Å²) in [6.45, 7) is 11.8. The molecule has 2 aromatic rings. The monoisotopic (exact) mass is 401 g/mol. The molecule has 0 aliphatic heterocycles. The Morgan fingerprint density at radius 3 is 2.21 bits per heavy atom. The van der Waals surface area contributed by atoms with Crippen molar-refractivity contribution in [2.24, 2.45) is 0 Å². The summed E-state index contributed by atoms with van der Waals surface area (Å²) in [7, 11) is 1.65. The summed E-state index contributed by atoms with van der Waals surface area (Å²) in [6, 6.07) is 5.93. The van der Waals surface area contributed by atoms with Crippen LogP contribution in [0.3, 0.4) is 0 Å². The number of Topliss-reactive ketones (excluding diaryl/α,β-unsaturated/α-hetero) is 1. The van der Waals surface area contributed by atoms with Gasteiger partial charge in [0.15, 0.2) is 13.2 Å². The van der Waals surface area contributed by atoms with E-state index in [1.807, 2.05) is 59.7 Å². The minimum absolute atomic E-state index is 0.110. The van der Waals surface area contributed by atoms with Crippen molar-refractivity contribution in [3.05, 3.63) is 51.8 Å². The van der Waals surface area contributed by atoms with E-state index in [2.05, 4.69) is 4.57 Å². The van der Waals surface area contributed by atoms with Gasteiger partial charge in [0.2, 0.25) is 5.78 Å². The molecule has 29 heavy (non-hydrogen) atoms. The number of carbonyl (C=O) groups is 2. The van der Waals surface area contributed by atoms with E-state index < -0.39 is 5.97 Å². The molecule has 6 heteroatoms. The van der Waals surface area contributed by atoms with E-state index in [1.54, 1.807) is 7.11 Å². The molecule has 0 aliphatic rings. The van der Waals surface area contributed by atoms with Crippen molar-refractivity contribution in [3.63, 3.8) is 0 Å². The Morgan fingerprint density at radius 2 is 1.62 bits per heavy atom. The largest absolute Gasteiger partial charge is 0.481 e. The lowest BCUT2D eigenvalue weighted by Crippen LogP contribution is -2.20. The summed E-state index contributed by atoms with van der Waals surface area (Å²) < 4.78 is 18.0. The fourth-order valence-electron chi connectivity index (χ4n) is 3.84. The van der Waals surface area contributed by atoms with Gasteiger partial charge in [-0.15, -0.1) is 0 Å². The van der Waals surface area contributed by atoms with Crippen molar-refractivity contribution in [1.82, 2.24) is 4.57 Å². The molecule has 158 valence electrons. The molecule has 6 nitrogen and oxygen atoms in total. The van der Waals surface area contributed by atoms with Crippen molar-refractivity contribution in [2.75, 3.05) is 26.9 Å². The van der Waals surface area contributed by atoms with Crippen molar-refractivity contribution >= 4 is 11.8 Å². The summed E-state index contributed by atoms with van der Waals surface area (Å²) in [6.07, 6.45) is 0. The number of methoxy groups -OCH3 is 1. The third-order valence-corrected chi connectivity index (χ3v) is 4.94. The highest BCUT2D eigenvalue weighted by atomic mass is 16.6. The number of nitrogens with zero attached hydrogens (tertiary/aromatic N) is 1. The number of hydrogen-bond acceptors (Lipinski definition) is 5. The number of aryl methyl sites for hydroxylation is 4. The zero-order valence-corrected chi connectivity index (χ0v) is 18.4. The highest BCUT2D eigenvalue weighted by Crippen LogP contribution is 2.24. The first-order valence-electron chi connectivity index (χ1n) is 9.72. The van der Waals surface area contributed by atoms with E-state index in [9.17, 15) is 9.59 Å². The van der Waals surface area contributed by atoms with Crippen molar-refractivity contribution in [3.8, 4) is 5.75 Å². The Bertz CT molecular complexity index is 874. The Kier molecular flexibility index (Phi) is 7.62. The van der Waals surface area contributed by atoms with Crippen LogP contribution in [0.5, 0.6) is 5.75 Å². The molecule has 2 rings (SSSR count). The average Bonchev–Trinajstić information content (AvgIpc) is 2.93. The highest BCUT2D eigenvalue weighted by Gasteiger charge is 2.20. The SMILES string of the molecule is COC[C@H](C)n1c(C)cc(C(=O)COC(=O)COc2c(C)cc(C)cc2C)c1C. The first-order valence-corrected chi connectivity index (χ1v) is 9.72. The lowest BCUT2D eigenvalue weighted by atomic mass is 10.1. The number of rotatable bonds is 9. The van der Waals surface area contributed by atoms with Crippen molar-refractivity contribution in [2.45, 2.75) is 47.6 Å². The molecule has 0 saturated carbocycles. The van der Waals surface area contributed by atoms with Crippen LogP contribution in [-0.2, 0) is 14.3 Å². The second kappa shape index (κ2) is 9.74. The van der Waals surface area contributed by atoms with Gasteiger partial charge in [-0.3, -0.25) is 4.79 Å². The lowest BCUT2D eigenvalue weighted by Gasteiger charge is -2.17. The first-order chi connectivity index (χ1) is 13.6. The predicted octanol–water partition coefficient (Wildman–Crippen LogP) is 4.04. The van der Waals surface area contributed by atoms with Gasteiger partial charge in [0.1, 0.15) is 5.75 Å². The molecule has 0 aliphatic carbocycles. The molecule has 0 bridgehead atoms. The van der Waals surface area contributed by atoms with Crippen LogP contribution in [-0.4, -0.2) is 43.3 Å². The maximum absolute atomic E-state index is 12.6. The topological polar surface area (TPSA) is 66.8 Å².